The van der Waals surface area contributed by atoms with E-state index in [-0.39, 0.29) is 25.0 Å². The Morgan fingerprint density at radius 1 is 1.22 bits per heavy atom. The van der Waals surface area contributed by atoms with Gasteiger partial charge in [-0.25, -0.2) is 14.5 Å². The highest BCUT2D eigenvalue weighted by Crippen LogP contribution is 2.60. The van der Waals surface area contributed by atoms with E-state index >= 15 is 0 Å². The number of anilines is 1. The van der Waals surface area contributed by atoms with E-state index in [1.54, 1.807) is 10.9 Å². The zero-order valence-corrected chi connectivity index (χ0v) is 21.1. The van der Waals surface area contributed by atoms with Crippen molar-refractivity contribution in [1.82, 2.24) is 15.0 Å². The summed E-state index contributed by atoms with van der Waals surface area (Å²) in [5.41, 5.74) is 7.49. The third-order valence-corrected chi connectivity index (χ3v) is 8.67. The van der Waals surface area contributed by atoms with E-state index in [4.69, 9.17) is 29.7 Å². The van der Waals surface area contributed by atoms with Crippen LogP contribution < -0.4 is 5.73 Å². The molecular formula is C26H36N4O6. The molecule has 1 saturated carbocycles. The second kappa shape index (κ2) is 9.04. The van der Waals surface area contributed by atoms with Crippen molar-refractivity contribution in [2.45, 2.75) is 83.1 Å². The Bertz CT molecular complexity index is 1100. The zero-order chi connectivity index (χ0) is 25.1. The summed E-state index contributed by atoms with van der Waals surface area (Å²) in [7, 11) is 0. The highest BCUT2D eigenvalue weighted by molar-refractivity contribution is 5.62. The Labute approximate surface area is 210 Å². The molecule has 1 aliphatic carbocycles. The lowest BCUT2D eigenvalue weighted by Crippen LogP contribution is -2.70. The van der Waals surface area contributed by atoms with Gasteiger partial charge >= 0.3 is 0 Å². The Morgan fingerprint density at radius 3 is 2.92 bits per heavy atom. The number of nitrogens with two attached hydrogens (primary N) is 1. The monoisotopic (exact) mass is 500 g/mol. The van der Waals surface area contributed by atoms with Crippen LogP contribution >= 0.6 is 0 Å². The van der Waals surface area contributed by atoms with Crippen molar-refractivity contribution < 1.29 is 29.1 Å². The number of rotatable bonds is 6. The number of benzene rings is 1. The van der Waals surface area contributed by atoms with Crippen molar-refractivity contribution in [2.24, 2.45) is 23.7 Å². The minimum absolute atomic E-state index is 0.0552. The van der Waals surface area contributed by atoms with E-state index in [1.165, 1.54) is 0 Å². The maximum atomic E-state index is 10.7. The van der Waals surface area contributed by atoms with Gasteiger partial charge in [-0.15, -0.1) is 5.10 Å². The van der Waals surface area contributed by atoms with Gasteiger partial charge in [0.15, 0.2) is 18.2 Å². The van der Waals surface area contributed by atoms with Crippen molar-refractivity contribution in [2.75, 3.05) is 12.3 Å². The molecule has 2 bridgehead atoms. The van der Waals surface area contributed by atoms with Gasteiger partial charge < -0.3 is 25.1 Å². The predicted octanol–water partition coefficient (Wildman–Crippen LogP) is 3.11. The number of fused-ring (bicyclic) bond motifs is 2. The van der Waals surface area contributed by atoms with Gasteiger partial charge in [-0.2, -0.15) is 0 Å². The van der Waals surface area contributed by atoms with Crippen molar-refractivity contribution in [3.8, 4) is 11.3 Å². The number of hydrogen-bond donors (Lipinski definition) is 2. The smallest absolute Gasteiger partial charge is 0.201 e. The fraction of sp³-hybridized carbons (Fsp3) is 0.692. The van der Waals surface area contributed by atoms with E-state index in [2.05, 4.69) is 24.2 Å². The average molecular weight is 501 g/mol. The summed E-state index contributed by atoms with van der Waals surface area (Å²) >= 11 is 0. The Kier molecular flexibility index (Phi) is 6.09. The zero-order valence-electron chi connectivity index (χ0n) is 21.1. The fourth-order valence-electron chi connectivity index (χ4n) is 6.76. The Morgan fingerprint density at radius 2 is 2.08 bits per heavy atom. The van der Waals surface area contributed by atoms with Crippen LogP contribution in [0.1, 0.15) is 46.5 Å². The molecule has 10 nitrogen and oxygen atoms in total. The second-order valence-corrected chi connectivity index (χ2v) is 11.2. The van der Waals surface area contributed by atoms with Crippen LogP contribution in [0.15, 0.2) is 30.5 Å². The summed E-state index contributed by atoms with van der Waals surface area (Å²) in [5, 5.41) is 19.1. The molecule has 196 valence electrons. The molecule has 0 radical (unpaired) electrons. The lowest BCUT2D eigenvalue weighted by molar-refractivity contribution is -0.577. The van der Waals surface area contributed by atoms with Crippen LogP contribution in [0.25, 0.3) is 11.3 Å². The van der Waals surface area contributed by atoms with Crippen LogP contribution in [0.4, 0.5) is 5.69 Å². The normalized spacial score (nSPS) is 40.4. The van der Waals surface area contributed by atoms with Crippen LogP contribution in [0.3, 0.4) is 0 Å². The number of ether oxygens (including phenoxy) is 3. The minimum atomic E-state index is -0.823. The van der Waals surface area contributed by atoms with Crippen molar-refractivity contribution in [1.29, 1.82) is 0 Å². The lowest BCUT2D eigenvalue weighted by atomic mass is 9.58. The van der Waals surface area contributed by atoms with Crippen molar-refractivity contribution in [3.05, 3.63) is 30.5 Å². The molecule has 3 N–H and O–H groups in total. The topological polar surface area (TPSA) is 123 Å². The van der Waals surface area contributed by atoms with Gasteiger partial charge in [-0.05, 0) is 50.2 Å². The molecule has 0 amide bonds. The summed E-state index contributed by atoms with van der Waals surface area (Å²) in [6.45, 7) is 6.69. The van der Waals surface area contributed by atoms with Gasteiger partial charge in [0.1, 0.15) is 5.69 Å². The van der Waals surface area contributed by atoms with E-state index < -0.39 is 30.1 Å². The van der Waals surface area contributed by atoms with E-state index in [9.17, 15) is 5.11 Å². The van der Waals surface area contributed by atoms with Gasteiger partial charge in [0.05, 0.1) is 25.5 Å². The molecule has 1 aromatic heterocycles. The molecule has 1 spiro atoms. The van der Waals surface area contributed by atoms with Crippen molar-refractivity contribution >= 4 is 5.69 Å². The van der Waals surface area contributed by atoms with Gasteiger partial charge in [0, 0.05) is 29.5 Å². The molecule has 1 aromatic carbocycles. The molecule has 7 rings (SSSR count). The number of aliphatic hydroxyl groups excluding tert-OH is 1. The SMILES string of the molecule is C[C@H]1[C@@H](OCC(O)Cn2cc(-c3cccc(N)c3)nn2)O[C@@H]2O[C@@]3(C)CC[C@H]4[C@H](C)CC[C@@H]1[C@@]24OO3. The number of hydrogen-bond acceptors (Lipinski definition) is 9. The third kappa shape index (κ3) is 4.04. The molecule has 9 atom stereocenters. The molecule has 4 saturated heterocycles. The van der Waals surface area contributed by atoms with Gasteiger partial charge in [0.25, 0.3) is 0 Å². The highest BCUT2D eigenvalue weighted by atomic mass is 17.3. The van der Waals surface area contributed by atoms with E-state index in [0.717, 1.165) is 31.2 Å². The molecule has 5 heterocycles. The molecule has 10 heteroatoms. The first-order valence-electron chi connectivity index (χ1n) is 13.0. The van der Waals surface area contributed by atoms with Gasteiger partial charge in [-0.1, -0.05) is 31.2 Å². The molecule has 2 aromatic rings. The Balaban J connectivity index is 1.12. The molecule has 5 aliphatic rings. The molecule has 36 heavy (non-hydrogen) atoms. The van der Waals surface area contributed by atoms with Crippen LogP contribution in [0.2, 0.25) is 0 Å². The average Bonchev–Trinajstić information content (AvgIpc) is 3.19. The quantitative estimate of drug-likeness (QED) is 0.455. The van der Waals surface area contributed by atoms with E-state index in [0.29, 0.717) is 23.2 Å². The summed E-state index contributed by atoms with van der Waals surface area (Å²) < 4.78 is 20.6. The van der Waals surface area contributed by atoms with Gasteiger partial charge in [0.2, 0.25) is 5.79 Å². The fourth-order valence-corrected chi connectivity index (χ4v) is 6.76. The lowest BCUT2D eigenvalue weighted by Gasteiger charge is -2.60. The number of aromatic nitrogens is 3. The van der Waals surface area contributed by atoms with Crippen LogP contribution in [-0.2, 0) is 30.5 Å². The largest absolute Gasteiger partial charge is 0.399 e. The summed E-state index contributed by atoms with van der Waals surface area (Å²) in [4.78, 5) is 12.0. The summed E-state index contributed by atoms with van der Waals surface area (Å²) in [6.07, 6.45) is 3.81. The second-order valence-electron chi connectivity index (χ2n) is 11.2. The molecule has 5 fully saturated rings. The first kappa shape index (κ1) is 24.3. The van der Waals surface area contributed by atoms with Crippen LogP contribution in [-0.4, -0.2) is 56.8 Å². The molecular weight excluding hydrogens is 464 g/mol. The summed E-state index contributed by atoms with van der Waals surface area (Å²) in [6, 6.07) is 7.46. The summed E-state index contributed by atoms with van der Waals surface area (Å²) in [5.74, 6) is 0.224. The molecule has 1 unspecified atom stereocenters. The minimum Gasteiger partial charge on any atom is -0.399 e. The molecule has 4 aliphatic heterocycles. The maximum absolute atomic E-state index is 10.7. The first-order chi connectivity index (χ1) is 17.3. The van der Waals surface area contributed by atoms with Crippen LogP contribution in [0, 0.1) is 23.7 Å². The number of nitrogen functional groups attached to an aromatic ring is 1. The number of nitrogens with zero attached hydrogens (tertiary/aromatic N) is 3. The first-order valence-corrected chi connectivity index (χ1v) is 13.0. The van der Waals surface area contributed by atoms with E-state index in [1.807, 2.05) is 31.2 Å². The maximum Gasteiger partial charge on any atom is 0.201 e. The number of aliphatic hydroxyl groups is 1. The standard InChI is InChI=1S/C26H36N4O6/c1-15-7-8-21-16(2)23(33-24-26(21)20(15)9-10-25(3,34-24)35-36-26)32-14-19(31)12-30-13-22(28-29-30)17-5-4-6-18(27)11-17/h4-6,11,13,15-16,19-21,23-24,31H,7-10,12,14,27H2,1-3H3/t15-,16-,19?,20+,21+,23+,24-,25-,26-/m1/s1. The van der Waals surface area contributed by atoms with Crippen molar-refractivity contribution in [3.63, 3.8) is 0 Å². The Hall–Kier alpha value is -2.08. The highest BCUT2D eigenvalue weighted by Gasteiger charge is 2.69. The third-order valence-electron chi connectivity index (χ3n) is 8.67. The van der Waals surface area contributed by atoms with Gasteiger partial charge in [-0.3, -0.25) is 0 Å². The van der Waals surface area contributed by atoms with Crippen LogP contribution in [0.5, 0.6) is 0 Å². The predicted molar refractivity (Wildman–Crippen MR) is 129 cm³/mol.